The zero-order valence-electron chi connectivity index (χ0n) is 23.1. The third-order valence-corrected chi connectivity index (χ3v) is 8.16. The minimum absolute atomic E-state index is 0.0131. The first kappa shape index (κ1) is 28.9. The summed E-state index contributed by atoms with van der Waals surface area (Å²) in [5, 5.41) is 11.7. The van der Waals surface area contributed by atoms with E-state index in [9.17, 15) is 23.9 Å². The maximum Gasteiger partial charge on any atom is 0.304 e. The maximum absolute atomic E-state index is 13.5. The highest BCUT2D eigenvalue weighted by molar-refractivity contribution is 7.14. The standard InChI is InChI=1S/C31H29FN4O5S/c1-35-27(37)11-8-20-13-22(16-33-29(20)35)24-10-9-23(41-18-32)15-25(24)26-17-42-31(34-26)36(2)30(40)21(14-28(38)39)12-19-6-4-3-5-7-19/h3-7,9-10,13,15-17,21H,8,11-12,14,18H2,1-2H3,(H,38,39). The van der Waals surface area contributed by atoms with Gasteiger partial charge in [-0.1, -0.05) is 30.3 Å². The molecule has 0 aliphatic carbocycles. The number of aliphatic carboxylic acids is 1. The molecule has 1 aliphatic rings. The number of thiazole rings is 1. The van der Waals surface area contributed by atoms with E-state index in [0.717, 1.165) is 22.3 Å². The number of carbonyl (C=O) groups excluding carboxylic acids is 2. The number of alkyl halides is 1. The van der Waals surface area contributed by atoms with Crippen LogP contribution in [-0.4, -0.2) is 53.8 Å². The zero-order chi connectivity index (χ0) is 29.8. The molecule has 3 heterocycles. The van der Waals surface area contributed by atoms with Crippen molar-refractivity contribution in [1.82, 2.24) is 9.97 Å². The van der Waals surface area contributed by atoms with Crippen molar-refractivity contribution in [1.29, 1.82) is 0 Å². The van der Waals surface area contributed by atoms with Gasteiger partial charge < -0.3 is 9.84 Å². The Hall–Kier alpha value is -4.64. The summed E-state index contributed by atoms with van der Waals surface area (Å²) < 4.78 is 18.2. The molecule has 0 fully saturated rings. The van der Waals surface area contributed by atoms with Crippen LogP contribution in [0.3, 0.4) is 0 Å². The lowest BCUT2D eigenvalue weighted by molar-refractivity contribution is -0.140. The average molecular weight is 589 g/mol. The lowest BCUT2D eigenvalue weighted by atomic mass is 9.95. The van der Waals surface area contributed by atoms with Crippen LogP contribution in [0.4, 0.5) is 15.3 Å². The van der Waals surface area contributed by atoms with E-state index in [1.165, 1.54) is 16.2 Å². The van der Waals surface area contributed by atoms with Gasteiger partial charge in [0.05, 0.1) is 18.0 Å². The number of fused-ring (bicyclic) bond motifs is 1. The Labute approximate surface area is 246 Å². The number of aromatic nitrogens is 2. The van der Waals surface area contributed by atoms with Crippen molar-refractivity contribution in [2.75, 3.05) is 30.8 Å². The number of hydrogen-bond donors (Lipinski definition) is 1. The number of amides is 2. The summed E-state index contributed by atoms with van der Waals surface area (Å²) in [7, 11) is 3.29. The number of carbonyl (C=O) groups is 3. The Kier molecular flexibility index (Phi) is 8.58. The van der Waals surface area contributed by atoms with Crippen molar-refractivity contribution < 1.29 is 28.6 Å². The monoisotopic (exact) mass is 588 g/mol. The minimum Gasteiger partial charge on any atom is -0.481 e. The molecule has 1 atom stereocenters. The summed E-state index contributed by atoms with van der Waals surface area (Å²) in [5.41, 5.74) is 4.57. The second kappa shape index (κ2) is 12.5. The Morgan fingerprint density at radius 1 is 1.14 bits per heavy atom. The molecule has 0 radical (unpaired) electrons. The minimum atomic E-state index is -1.05. The molecule has 216 valence electrons. The summed E-state index contributed by atoms with van der Waals surface area (Å²) in [4.78, 5) is 49.4. The van der Waals surface area contributed by atoms with Gasteiger partial charge in [-0.15, -0.1) is 11.3 Å². The molecular weight excluding hydrogens is 559 g/mol. The quantitative estimate of drug-likeness (QED) is 0.265. The molecule has 4 aromatic rings. The van der Waals surface area contributed by atoms with Gasteiger partial charge in [0.1, 0.15) is 11.6 Å². The number of benzene rings is 2. The molecule has 5 rings (SSSR count). The molecule has 0 bridgehead atoms. The van der Waals surface area contributed by atoms with Gasteiger partial charge in [0.25, 0.3) is 0 Å². The predicted molar refractivity (Wildman–Crippen MR) is 158 cm³/mol. The summed E-state index contributed by atoms with van der Waals surface area (Å²) in [6, 6.07) is 16.4. The molecule has 2 amide bonds. The van der Waals surface area contributed by atoms with Crippen molar-refractivity contribution in [3.63, 3.8) is 0 Å². The third kappa shape index (κ3) is 6.15. The molecule has 1 unspecified atom stereocenters. The Balaban J connectivity index is 1.47. The molecule has 9 nitrogen and oxygen atoms in total. The SMILES string of the molecule is CN(C(=O)C(CC(=O)O)Cc1ccccc1)c1nc(-c2cc(OCF)ccc2-c2cnc3c(c2)CCC(=O)N3C)cs1. The Bertz CT molecular complexity index is 1630. The van der Waals surface area contributed by atoms with Crippen molar-refractivity contribution in [2.24, 2.45) is 5.92 Å². The predicted octanol–water partition coefficient (Wildman–Crippen LogP) is 5.38. The average Bonchev–Trinajstić information content (AvgIpc) is 3.49. The highest BCUT2D eigenvalue weighted by atomic mass is 32.1. The summed E-state index contributed by atoms with van der Waals surface area (Å²) >= 11 is 1.24. The van der Waals surface area contributed by atoms with Crippen LogP contribution in [-0.2, 0) is 27.2 Å². The second-order valence-corrected chi connectivity index (χ2v) is 10.9. The van der Waals surface area contributed by atoms with Gasteiger partial charge in [-0.2, -0.15) is 0 Å². The maximum atomic E-state index is 13.5. The number of carboxylic acid groups (broad SMARTS) is 1. The summed E-state index contributed by atoms with van der Waals surface area (Å²) in [6.45, 7) is -0.995. The van der Waals surface area contributed by atoms with Gasteiger partial charge in [0.2, 0.25) is 18.7 Å². The van der Waals surface area contributed by atoms with E-state index in [1.54, 1.807) is 48.8 Å². The van der Waals surface area contributed by atoms with Crippen molar-refractivity contribution >= 4 is 40.1 Å². The highest BCUT2D eigenvalue weighted by Crippen LogP contribution is 2.39. The number of aryl methyl sites for hydroxylation is 1. The summed E-state index contributed by atoms with van der Waals surface area (Å²) in [5.74, 6) is -1.23. The van der Waals surface area contributed by atoms with Gasteiger partial charge in [0, 0.05) is 43.2 Å². The summed E-state index contributed by atoms with van der Waals surface area (Å²) in [6.07, 6.45) is 2.63. The van der Waals surface area contributed by atoms with Gasteiger partial charge in [0.15, 0.2) is 5.13 Å². The number of carboxylic acids is 1. The fourth-order valence-electron chi connectivity index (χ4n) is 5.07. The number of hydrogen-bond acceptors (Lipinski definition) is 7. The van der Waals surface area contributed by atoms with Crippen molar-refractivity contribution in [2.45, 2.75) is 25.7 Å². The first-order valence-corrected chi connectivity index (χ1v) is 14.2. The van der Waals surface area contributed by atoms with Crippen LogP contribution in [0, 0.1) is 5.92 Å². The van der Waals surface area contributed by atoms with Crippen molar-refractivity contribution in [3.05, 3.63) is 77.3 Å². The van der Waals surface area contributed by atoms with E-state index in [4.69, 9.17) is 9.72 Å². The van der Waals surface area contributed by atoms with Gasteiger partial charge in [-0.25, -0.2) is 14.4 Å². The third-order valence-electron chi connectivity index (χ3n) is 7.25. The first-order chi connectivity index (χ1) is 20.2. The van der Waals surface area contributed by atoms with E-state index >= 15 is 0 Å². The fraction of sp³-hybridized carbons (Fsp3) is 0.258. The number of nitrogens with zero attached hydrogens (tertiary/aromatic N) is 4. The molecule has 0 saturated heterocycles. The van der Waals surface area contributed by atoms with Gasteiger partial charge >= 0.3 is 5.97 Å². The topological polar surface area (TPSA) is 113 Å². The Morgan fingerprint density at radius 3 is 2.67 bits per heavy atom. The molecule has 0 spiro atoms. The number of rotatable bonds is 10. The number of anilines is 2. The van der Waals surface area contributed by atoms with E-state index < -0.39 is 18.7 Å². The molecule has 1 N–H and O–H groups in total. The zero-order valence-corrected chi connectivity index (χ0v) is 23.9. The van der Waals surface area contributed by atoms with Crippen LogP contribution in [0.1, 0.15) is 24.0 Å². The number of pyridine rings is 1. The van der Waals surface area contributed by atoms with Crippen molar-refractivity contribution in [3.8, 4) is 28.1 Å². The van der Waals surface area contributed by atoms with E-state index in [-0.39, 0.29) is 24.7 Å². The molecule has 0 saturated carbocycles. The molecule has 2 aromatic carbocycles. The number of ether oxygens (including phenoxy) is 1. The molecule has 42 heavy (non-hydrogen) atoms. The lowest BCUT2D eigenvalue weighted by Crippen LogP contribution is -2.35. The second-order valence-electron chi connectivity index (χ2n) is 10.0. The highest BCUT2D eigenvalue weighted by Gasteiger charge is 2.28. The van der Waals surface area contributed by atoms with Crippen LogP contribution in [0.2, 0.25) is 0 Å². The number of halogens is 1. The Morgan fingerprint density at radius 2 is 1.93 bits per heavy atom. The normalized spacial score (nSPS) is 13.4. The van der Waals surface area contributed by atoms with Crippen LogP contribution in [0.15, 0.2) is 66.2 Å². The van der Waals surface area contributed by atoms with E-state index in [2.05, 4.69) is 4.98 Å². The molecule has 2 aromatic heterocycles. The first-order valence-electron chi connectivity index (χ1n) is 13.3. The smallest absolute Gasteiger partial charge is 0.304 e. The van der Waals surface area contributed by atoms with Gasteiger partial charge in [-0.3, -0.25) is 24.2 Å². The molecular formula is C31H29FN4O5S. The van der Waals surface area contributed by atoms with Crippen LogP contribution in [0.5, 0.6) is 5.75 Å². The fourth-order valence-corrected chi connectivity index (χ4v) is 5.87. The van der Waals surface area contributed by atoms with Gasteiger partial charge in [-0.05, 0) is 53.8 Å². The van der Waals surface area contributed by atoms with E-state index in [0.29, 0.717) is 40.8 Å². The molecule has 1 aliphatic heterocycles. The van der Waals surface area contributed by atoms with Crippen LogP contribution < -0.4 is 14.5 Å². The molecule has 11 heteroatoms. The van der Waals surface area contributed by atoms with E-state index in [1.807, 2.05) is 36.4 Å². The lowest BCUT2D eigenvalue weighted by Gasteiger charge is -2.25. The largest absolute Gasteiger partial charge is 0.481 e. The van der Waals surface area contributed by atoms with Crippen LogP contribution >= 0.6 is 11.3 Å². The van der Waals surface area contributed by atoms with Crippen LogP contribution in [0.25, 0.3) is 22.4 Å².